The Hall–Kier alpha value is -0.830. The Morgan fingerprint density at radius 2 is 2.06 bits per heavy atom. The molecule has 5 atom stereocenters. The van der Waals surface area contributed by atoms with Crippen molar-refractivity contribution in [3.8, 4) is 0 Å². The topological polar surface area (TPSA) is 116 Å². The van der Waals surface area contributed by atoms with E-state index in [1.54, 1.807) is 0 Å². The van der Waals surface area contributed by atoms with E-state index in [2.05, 4.69) is 6.58 Å². The molecule has 4 N–H and O–H groups in total. The van der Waals surface area contributed by atoms with Crippen molar-refractivity contribution in [2.75, 3.05) is 13.7 Å². The quantitative estimate of drug-likeness (QED) is 0.408. The van der Waals surface area contributed by atoms with Gasteiger partial charge in [0.05, 0.1) is 6.61 Å². The highest BCUT2D eigenvalue weighted by Gasteiger charge is 2.56. The van der Waals surface area contributed by atoms with Gasteiger partial charge < -0.3 is 29.9 Å². The Morgan fingerprint density at radius 1 is 1.47 bits per heavy atom. The molecule has 0 saturated carbocycles. The van der Waals surface area contributed by atoms with Gasteiger partial charge in [-0.05, 0) is 6.08 Å². The van der Waals surface area contributed by atoms with Crippen molar-refractivity contribution in [1.82, 2.24) is 0 Å². The molecule has 0 aromatic carbocycles. The molecule has 98 valence electrons. The second kappa shape index (κ2) is 5.21. The molecule has 0 aromatic rings. The number of aliphatic hydroxyl groups excluding tert-OH is 4. The van der Waals surface area contributed by atoms with Crippen LogP contribution in [0.1, 0.15) is 0 Å². The van der Waals surface area contributed by atoms with E-state index in [9.17, 15) is 25.2 Å². The molecule has 1 saturated heterocycles. The highest BCUT2D eigenvalue weighted by molar-refractivity contribution is 5.97. The molecule has 0 bridgehead atoms. The van der Waals surface area contributed by atoms with Crippen LogP contribution in [0.3, 0.4) is 0 Å². The van der Waals surface area contributed by atoms with Crippen molar-refractivity contribution in [3.05, 3.63) is 12.7 Å². The van der Waals surface area contributed by atoms with Crippen molar-refractivity contribution in [2.24, 2.45) is 0 Å². The van der Waals surface area contributed by atoms with Gasteiger partial charge in [-0.25, -0.2) is 0 Å². The van der Waals surface area contributed by atoms with Gasteiger partial charge in [-0.3, -0.25) is 4.79 Å². The number of methoxy groups -OCH3 is 1. The standard InChI is InChI=1S/C10H16O7/c1-3-5(12)10(4-11)8(15)6(13)7(14)9(16-2)17-10/h3,6-9,11,13-15H,1,4H2,2H3/t6-,7-,8+,9-,10?/m0/s1. The molecule has 7 nitrogen and oxygen atoms in total. The summed E-state index contributed by atoms with van der Waals surface area (Å²) in [6.45, 7) is 2.35. The zero-order valence-corrected chi connectivity index (χ0v) is 9.31. The van der Waals surface area contributed by atoms with Crippen LogP contribution in [0.2, 0.25) is 0 Å². The third kappa shape index (κ3) is 2.13. The summed E-state index contributed by atoms with van der Waals surface area (Å²) < 4.78 is 9.80. The lowest BCUT2D eigenvalue weighted by atomic mass is 9.84. The summed E-state index contributed by atoms with van der Waals surface area (Å²) >= 11 is 0. The molecule has 1 aliphatic heterocycles. The Balaban J connectivity index is 3.12. The van der Waals surface area contributed by atoms with E-state index in [4.69, 9.17) is 9.47 Å². The van der Waals surface area contributed by atoms with Crippen molar-refractivity contribution >= 4 is 5.78 Å². The van der Waals surface area contributed by atoms with Gasteiger partial charge in [0.1, 0.15) is 18.3 Å². The van der Waals surface area contributed by atoms with Crippen molar-refractivity contribution in [3.63, 3.8) is 0 Å². The summed E-state index contributed by atoms with van der Waals surface area (Å²) in [6, 6.07) is 0. The molecule has 1 aliphatic rings. The summed E-state index contributed by atoms with van der Waals surface area (Å²) in [6.07, 6.45) is -5.45. The van der Waals surface area contributed by atoms with E-state index < -0.39 is 42.6 Å². The number of hydrogen-bond acceptors (Lipinski definition) is 7. The maximum Gasteiger partial charge on any atom is 0.192 e. The highest BCUT2D eigenvalue weighted by atomic mass is 16.7. The van der Waals surface area contributed by atoms with Crippen LogP contribution >= 0.6 is 0 Å². The lowest BCUT2D eigenvalue weighted by molar-refractivity contribution is -0.320. The normalized spacial score (nSPS) is 42.2. The van der Waals surface area contributed by atoms with Crippen LogP contribution in [0.15, 0.2) is 12.7 Å². The van der Waals surface area contributed by atoms with Gasteiger partial charge in [-0.15, -0.1) is 0 Å². The molecule has 0 amide bonds. The molecule has 0 radical (unpaired) electrons. The maximum atomic E-state index is 11.6. The van der Waals surface area contributed by atoms with Crippen molar-refractivity contribution < 1.29 is 34.7 Å². The summed E-state index contributed by atoms with van der Waals surface area (Å²) in [4.78, 5) is 11.6. The van der Waals surface area contributed by atoms with Crippen LogP contribution in [0.25, 0.3) is 0 Å². The fourth-order valence-electron chi connectivity index (χ4n) is 1.74. The lowest BCUT2D eigenvalue weighted by Crippen LogP contribution is -2.69. The minimum absolute atomic E-state index is 0.805. The first-order chi connectivity index (χ1) is 7.94. The molecule has 1 rings (SSSR count). The van der Waals surface area contributed by atoms with Crippen LogP contribution in [0.5, 0.6) is 0 Å². The Bertz CT molecular complexity index is 303. The molecule has 1 unspecified atom stereocenters. The molecule has 17 heavy (non-hydrogen) atoms. The number of ether oxygens (including phenoxy) is 2. The number of aliphatic hydroxyl groups is 4. The van der Waals surface area contributed by atoms with Gasteiger partial charge in [0.15, 0.2) is 17.7 Å². The Kier molecular flexibility index (Phi) is 4.36. The molecule has 1 heterocycles. The molecular formula is C10H16O7. The van der Waals surface area contributed by atoms with Gasteiger partial charge in [-0.2, -0.15) is 0 Å². The van der Waals surface area contributed by atoms with Crippen LogP contribution in [-0.4, -0.2) is 70.1 Å². The van der Waals surface area contributed by atoms with Gasteiger partial charge in [0.2, 0.25) is 0 Å². The first-order valence-electron chi connectivity index (χ1n) is 4.97. The van der Waals surface area contributed by atoms with E-state index in [0.717, 1.165) is 6.08 Å². The molecular weight excluding hydrogens is 232 g/mol. The fourth-order valence-corrected chi connectivity index (χ4v) is 1.74. The average Bonchev–Trinajstić information content (AvgIpc) is 2.36. The van der Waals surface area contributed by atoms with E-state index in [1.807, 2.05) is 0 Å². The van der Waals surface area contributed by atoms with Gasteiger partial charge in [0, 0.05) is 7.11 Å². The predicted molar refractivity (Wildman–Crippen MR) is 54.9 cm³/mol. The minimum atomic E-state index is -2.07. The van der Waals surface area contributed by atoms with E-state index >= 15 is 0 Å². The number of hydrogen-bond donors (Lipinski definition) is 4. The second-order valence-corrected chi connectivity index (χ2v) is 3.76. The molecule has 0 spiro atoms. The van der Waals surface area contributed by atoms with Crippen LogP contribution in [0.4, 0.5) is 0 Å². The first-order valence-corrected chi connectivity index (χ1v) is 4.97. The first kappa shape index (κ1) is 14.2. The van der Waals surface area contributed by atoms with E-state index in [0.29, 0.717) is 0 Å². The second-order valence-electron chi connectivity index (χ2n) is 3.76. The zero-order chi connectivity index (χ0) is 13.2. The number of ketones is 1. The SMILES string of the molecule is C=CC(=O)C1(CO)O[C@H](OC)[C@@H](O)[C@H](O)[C@H]1O. The van der Waals surface area contributed by atoms with Gasteiger partial charge in [-0.1, -0.05) is 6.58 Å². The summed E-state index contributed by atoms with van der Waals surface area (Å²) in [5.74, 6) is -0.805. The highest BCUT2D eigenvalue weighted by Crippen LogP contribution is 2.31. The maximum absolute atomic E-state index is 11.6. The van der Waals surface area contributed by atoms with Gasteiger partial charge in [0.25, 0.3) is 0 Å². The molecule has 0 aliphatic carbocycles. The lowest BCUT2D eigenvalue weighted by Gasteiger charge is -2.45. The molecule has 0 aromatic heterocycles. The van der Waals surface area contributed by atoms with Crippen LogP contribution < -0.4 is 0 Å². The third-order valence-corrected chi connectivity index (χ3v) is 2.83. The van der Waals surface area contributed by atoms with Gasteiger partial charge >= 0.3 is 0 Å². The monoisotopic (exact) mass is 248 g/mol. The van der Waals surface area contributed by atoms with E-state index in [1.165, 1.54) is 7.11 Å². The molecule has 7 heteroatoms. The summed E-state index contributed by atoms with van der Waals surface area (Å²) in [5.41, 5.74) is -2.07. The zero-order valence-electron chi connectivity index (χ0n) is 9.31. The molecule has 1 fully saturated rings. The smallest absolute Gasteiger partial charge is 0.192 e. The van der Waals surface area contributed by atoms with Crippen LogP contribution in [-0.2, 0) is 14.3 Å². The largest absolute Gasteiger partial charge is 0.393 e. The van der Waals surface area contributed by atoms with E-state index in [-0.39, 0.29) is 0 Å². The fraction of sp³-hybridized carbons (Fsp3) is 0.700. The summed E-state index contributed by atoms with van der Waals surface area (Å²) in [7, 11) is 1.19. The third-order valence-electron chi connectivity index (χ3n) is 2.83. The average molecular weight is 248 g/mol. The number of carbonyl (C=O) groups excluding carboxylic acids is 1. The van der Waals surface area contributed by atoms with Crippen LogP contribution in [0, 0.1) is 0 Å². The Labute approximate surface area is 97.9 Å². The summed E-state index contributed by atoms with van der Waals surface area (Å²) in [5, 5.41) is 38.1. The predicted octanol–water partition coefficient (Wildman–Crippen LogP) is -2.44. The van der Waals surface area contributed by atoms with Crippen molar-refractivity contribution in [1.29, 1.82) is 0 Å². The number of carbonyl (C=O) groups is 1. The minimum Gasteiger partial charge on any atom is -0.393 e. The van der Waals surface area contributed by atoms with Crippen molar-refractivity contribution in [2.45, 2.75) is 30.2 Å². The number of rotatable bonds is 4. The Morgan fingerprint density at radius 3 is 2.47 bits per heavy atom.